The van der Waals surface area contributed by atoms with Gasteiger partial charge < -0.3 is 14.6 Å². The summed E-state index contributed by atoms with van der Waals surface area (Å²) in [5.41, 5.74) is 1.26. The standard InChI is InChI=1S/C17H25NO3/c19-16-3-1-14(2-4-16)11-18-8-5-17(6-9-18)21-13-15-7-10-20-12-15/h1-4,15,17,19H,5-13H2. The second-order valence-corrected chi connectivity index (χ2v) is 6.20. The average Bonchev–Trinajstić information content (AvgIpc) is 3.02. The Hall–Kier alpha value is -1.10. The molecule has 2 saturated heterocycles. The Bertz CT molecular complexity index is 420. The summed E-state index contributed by atoms with van der Waals surface area (Å²) in [6.45, 7) is 5.78. The zero-order chi connectivity index (χ0) is 14.5. The van der Waals surface area contributed by atoms with E-state index < -0.39 is 0 Å². The Kier molecular flexibility index (Phi) is 5.12. The summed E-state index contributed by atoms with van der Waals surface area (Å²) in [7, 11) is 0. The summed E-state index contributed by atoms with van der Waals surface area (Å²) in [5.74, 6) is 0.946. The molecule has 2 aliphatic heterocycles. The number of ether oxygens (including phenoxy) is 2. The molecule has 116 valence electrons. The van der Waals surface area contributed by atoms with Crippen molar-refractivity contribution < 1.29 is 14.6 Å². The van der Waals surface area contributed by atoms with Crippen LogP contribution in [0.3, 0.4) is 0 Å². The van der Waals surface area contributed by atoms with E-state index in [0.29, 0.717) is 17.8 Å². The topological polar surface area (TPSA) is 41.9 Å². The molecule has 2 heterocycles. The third-order valence-electron chi connectivity index (χ3n) is 4.47. The van der Waals surface area contributed by atoms with Gasteiger partial charge in [0.25, 0.3) is 0 Å². The molecule has 3 rings (SSSR count). The van der Waals surface area contributed by atoms with Gasteiger partial charge in [-0.1, -0.05) is 12.1 Å². The van der Waals surface area contributed by atoms with Gasteiger partial charge in [0, 0.05) is 32.2 Å². The molecule has 2 aliphatic rings. The molecule has 4 heteroatoms. The van der Waals surface area contributed by atoms with Gasteiger partial charge >= 0.3 is 0 Å². The van der Waals surface area contributed by atoms with E-state index in [4.69, 9.17) is 9.47 Å². The monoisotopic (exact) mass is 291 g/mol. The highest BCUT2D eigenvalue weighted by Gasteiger charge is 2.22. The number of hydrogen-bond acceptors (Lipinski definition) is 4. The van der Waals surface area contributed by atoms with Crippen LogP contribution in [0.5, 0.6) is 5.75 Å². The van der Waals surface area contributed by atoms with Crippen molar-refractivity contribution in [2.75, 3.05) is 32.9 Å². The van der Waals surface area contributed by atoms with Gasteiger partial charge in [0.05, 0.1) is 19.3 Å². The average molecular weight is 291 g/mol. The Morgan fingerprint density at radius 1 is 1.14 bits per heavy atom. The fourth-order valence-corrected chi connectivity index (χ4v) is 3.08. The van der Waals surface area contributed by atoms with Gasteiger partial charge in [0.15, 0.2) is 0 Å². The highest BCUT2D eigenvalue weighted by atomic mass is 16.5. The van der Waals surface area contributed by atoms with Crippen molar-refractivity contribution in [2.24, 2.45) is 5.92 Å². The maximum Gasteiger partial charge on any atom is 0.115 e. The van der Waals surface area contributed by atoms with Crippen molar-refractivity contribution >= 4 is 0 Å². The second-order valence-electron chi connectivity index (χ2n) is 6.20. The lowest BCUT2D eigenvalue weighted by Gasteiger charge is -2.32. The maximum absolute atomic E-state index is 9.31. The Morgan fingerprint density at radius 3 is 2.57 bits per heavy atom. The van der Waals surface area contributed by atoms with Crippen LogP contribution in [0.4, 0.5) is 0 Å². The van der Waals surface area contributed by atoms with Gasteiger partial charge in [-0.25, -0.2) is 0 Å². The fraction of sp³-hybridized carbons (Fsp3) is 0.647. The van der Waals surface area contributed by atoms with Crippen LogP contribution in [0, 0.1) is 5.92 Å². The summed E-state index contributed by atoms with van der Waals surface area (Å²) in [6, 6.07) is 7.51. The summed E-state index contributed by atoms with van der Waals surface area (Å²) in [5, 5.41) is 9.31. The number of phenolic OH excluding ortho intramolecular Hbond substituents is 1. The molecule has 1 aromatic carbocycles. The molecule has 1 unspecified atom stereocenters. The lowest BCUT2D eigenvalue weighted by atomic mass is 10.1. The van der Waals surface area contributed by atoms with Gasteiger partial charge in [0.1, 0.15) is 5.75 Å². The molecule has 2 fully saturated rings. The number of rotatable bonds is 5. The minimum absolute atomic E-state index is 0.335. The lowest BCUT2D eigenvalue weighted by Crippen LogP contribution is -2.37. The van der Waals surface area contributed by atoms with Crippen LogP contribution >= 0.6 is 0 Å². The Balaban J connectivity index is 1.37. The minimum Gasteiger partial charge on any atom is -0.508 e. The molecule has 0 bridgehead atoms. The number of likely N-dealkylation sites (tertiary alicyclic amines) is 1. The summed E-state index contributed by atoms with van der Waals surface area (Å²) in [4.78, 5) is 2.46. The first-order valence-electron chi connectivity index (χ1n) is 7.99. The van der Waals surface area contributed by atoms with E-state index in [9.17, 15) is 5.11 Å². The molecule has 1 atom stereocenters. The number of piperidine rings is 1. The normalized spacial score (nSPS) is 24.5. The van der Waals surface area contributed by atoms with Crippen LogP contribution in [-0.2, 0) is 16.0 Å². The van der Waals surface area contributed by atoms with Crippen LogP contribution in [0.1, 0.15) is 24.8 Å². The van der Waals surface area contributed by atoms with Gasteiger partial charge in [0.2, 0.25) is 0 Å². The Morgan fingerprint density at radius 2 is 1.90 bits per heavy atom. The van der Waals surface area contributed by atoms with Crippen molar-refractivity contribution in [2.45, 2.75) is 31.9 Å². The third-order valence-corrected chi connectivity index (χ3v) is 4.47. The lowest BCUT2D eigenvalue weighted by molar-refractivity contribution is -0.0116. The molecular weight excluding hydrogens is 266 g/mol. The second kappa shape index (κ2) is 7.25. The molecule has 4 nitrogen and oxygen atoms in total. The van der Waals surface area contributed by atoms with E-state index in [2.05, 4.69) is 4.90 Å². The summed E-state index contributed by atoms with van der Waals surface area (Å²) < 4.78 is 11.4. The van der Waals surface area contributed by atoms with Crippen LogP contribution in [0.25, 0.3) is 0 Å². The molecular formula is C17H25NO3. The number of benzene rings is 1. The van der Waals surface area contributed by atoms with Crippen molar-refractivity contribution in [1.82, 2.24) is 4.90 Å². The van der Waals surface area contributed by atoms with E-state index in [-0.39, 0.29) is 0 Å². The molecule has 1 N–H and O–H groups in total. The largest absolute Gasteiger partial charge is 0.508 e. The van der Waals surface area contributed by atoms with E-state index >= 15 is 0 Å². The molecule has 1 aromatic rings. The molecule has 0 aliphatic carbocycles. The summed E-state index contributed by atoms with van der Waals surface area (Å²) >= 11 is 0. The first kappa shape index (κ1) is 14.8. The van der Waals surface area contributed by atoms with Crippen LogP contribution < -0.4 is 0 Å². The first-order chi connectivity index (χ1) is 10.3. The van der Waals surface area contributed by atoms with Gasteiger partial charge in [-0.15, -0.1) is 0 Å². The minimum atomic E-state index is 0.335. The first-order valence-corrected chi connectivity index (χ1v) is 7.99. The SMILES string of the molecule is Oc1ccc(CN2CCC(OCC3CCOC3)CC2)cc1. The molecule has 0 spiro atoms. The van der Waals surface area contributed by atoms with Crippen molar-refractivity contribution in [3.63, 3.8) is 0 Å². The highest BCUT2D eigenvalue weighted by molar-refractivity contribution is 5.25. The van der Waals surface area contributed by atoms with Crippen molar-refractivity contribution in [3.05, 3.63) is 29.8 Å². The van der Waals surface area contributed by atoms with E-state index in [0.717, 1.165) is 58.7 Å². The Labute approximate surface area is 126 Å². The van der Waals surface area contributed by atoms with Gasteiger partial charge in [-0.3, -0.25) is 4.90 Å². The predicted molar refractivity (Wildman–Crippen MR) is 81.3 cm³/mol. The van der Waals surface area contributed by atoms with Crippen LogP contribution in [-0.4, -0.2) is 49.0 Å². The number of aromatic hydroxyl groups is 1. The number of phenols is 1. The van der Waals surface area contributed by atoms with Crippen LogP contribution in [0.15, 0.2) is 24.3 Å². The molecule has 0 radical (unpaired) electrons. The zero-order valence-electron chi connectivity index (χ0n) is 12.5. The predicted octanol–water partition coefficient (Wildman–Crippen LogP) is 2.41. The molecule has 0 saturated carbocycles. The van der Waals surface area contributed by atoms with Crippen molar-refractivity contribution in [1.29, 1.82) is 0 Å². The fourth-order valence-electron chi connectivity index (χ4n) is 3.08. The zero-order valence-corrected chi connectivity index (χ0v) is 12.5. The van der Waals surface area contributed by atoms with E-state index in [1.54, 1.807) is 12.1 Å². The van der Waals surface area contributed by atoms with Gasteiger partial charge in [-0.05, 0) is 37.0 Å². The number of nitrogens with zero attached hydrogens (tertiary/aromatic N) is 1. The van der Waals surface area contributed by atoms with Crippen LogP contribution in [0.2, 0.25) is 0 Å². The molecule has 0 amide bonds. The summed E-state index contributed by atoms with van der Waals surface area (Å²) in [6.07, 6.45) is 3.80. The van der Waals surface area contributed by atoms with Gasteiger partial charge in [-0.2, -0.15) is 0 Å². The van der Waals surface area contributed by atoms with E-state index in [1.165, 1.54) is 5.56 Å². The highest BCUT2D eigenvalue weighted by Crippen LogP contribution is 2.20. The number of hydrogen-bond donors (Lipinski definition) is 1. The quantitative estimate of drug-likeness (QED) is 0.904. The third kappa shape index (κ3) is 4.43. The molecule has 21 heavy (non-hydrogen) atoms. The maximum atomic E-state index is 9.31. The van der Waals surface area contributed by atoms with Crippen molar-refractivity contribution in [3.8, 4) is 5.75 Å². The molecule has 0 aromatic heterocycles. The smallest absolute Gasteiger partial charge is 0.115 e. The van der Waals surface area contributed by atoms with E-state index in [1.807, 2.05) is 12.1 Å².